The predicted octanol–water partition coefficient (Wildman–Crippen LogP) is 4.03. The molecule has 0 amide bonds. The van der Waals surface area contributed by atoms with Gasteiger partial charge in [-0.3, -0.25) is 4.79 Å². The van der Waals surface area contributed by atoms with Gasteiger partial charge in [-0.15, -0.1) is 0 Å². The third kappa shape index (κ3) is 3.35. The van der Waals surface area contributed by atoms with E-state index in [9.17, 15) is 4.79 Å². The summed E-state index contributed by atoms with van der Waals surface area (Å²) in [4.78, 5) is 10.5. The molecule has 0 N–H and O–H groups in total. The molecule has 0 saturated heterocycles. The minimum absolute atomic E-state index is 0.703. The zero-order chi connectivity index (χ0) is 11.8. The number of benzene rings is 1. The van der Waals surface area contributed by atoms with Gasteiger partial charge in [0.25, 0.3) is 0 Å². The number of hydrogen-bond acceptors (Lipinski definition) is 1. The minimum Gasteiger partial charge on any atom is -0.298 e. The SMILES string of the molecule is C\C=C/C(=C\C=C\C)c1ccc(C=O)cc1. The van der Waals surface area contributed by atoms with Crippen molar-refractivity contribution >= 4 is 11.9 Å². The van der Waals surface area contributed by atoms with Crippen LogP contribution < -0.4 is 0 Å². The molecule has 0 aliphatic carbocycles. The van der Waals surface area contributed by atoms with E-state index in [-0.39, 0.29) is 0 Å². The standard InChI is InChI=1S/C15H16O/c1-3-5-7-14(6-4-2)15-10-8-13(12-16)9-11-15/h3-12H,1-2H3/b5-3+,6-4-,14-7+. The van der Waals surface area contributed by atoms with Gasteiger partial charge in [0.05, 0.1) is 0 Å². The lowest BCUT2D eigenvalue weighted by Crippen LogP contribution is -1.83. The van der Waals surface area contributed by atoms with Crippen LogP contribution in [0.25, 0.3) is 5.57 Å². The van der Waals surface area contributed by atoms with E-state index in [2.05, 4.69) is 12.2 Å². The zero-order valence-corrected chi connectivity index (χ0v) is 9.68. The Labute approximate surface area is 96.8 Å². The quantitative estimate of drug-likeness (QED) is 0.544. The molecule has 0 heterocycles. The van der Waals surface area contributed by atoms with Crippen molar-refractivity contribution in [3.63, 3.8) is 0 Å². The highest BCUT2D eigenvalue weighted by Gasteiger charge is 1.96. The van der Waals surface area contributed by atoms with Crippen LogP contribution in [-0.2, 0) is 0 Å². The Kier molecular flexibility index (Phi) is 5.00. The van der Waals surface area contributed by atoms with Gasteiger partial charge in [0.2, 0.25) is 0 Å². The minimum atomic E-state index is 0.703. The molecular formula is C15H16O. The van der Waals surface area contributed by atoms with Crippen LogP contribution in [0.5, 0.6) is 0 Å². The average Bonchev–Trinajstić information content (AvgIpc) is 2.35. The van der Waals surface area contributed by atoms with Crippen LogP contribution in [0.1, 0.15) is 29.8 Å². The highest BCUT2D eigenvalue weighted by atomic mass is 16.1. The van der Waals surface area contributed by atoms with Crippen LogP contribution in [0, 0.1) is 0 Å². The number of allylic oxidation sites excluding steroid dienone is 6. The monoisotopic (exact) mass is 212 g/mol. The van der Waals surface area contributed by atoms with Gasteiger partial charge in [-0.05, 0) is 25.0 Å². The second-order valence-electron chi connectivity index (χ2n) is 3.39. The fraction of sp³-hybridized carbons (Fsp3) is 0.133. The summed E-state index contributed by atoms with van der Waals surface area (Å²) in [6.07, 6.45) is 11.0. The molecular weight excluding hydrogens is 196 g/mol. The summed E-state index contributed by atoms with van der Waals surface area (Å²) in [6, 6.07) is 7.57. The van der Waals surface area contributed by atoms with Crippen molar-refractivity contribution in [2.45, 2.75) is 13.8 Å². The lowest BCUT2D eigenvalue weighted by atomic mass is 10.0. The van der Waals surface area contributed by atoms with E-state index in [4.69, 9.17) is 0 Å². The molecule has 0 radical (unpaired) electrons. The van der Waals surface area contributed by atoms with E-state index in [1.165, 1.54) is 0 Å². The fourth-order valence-corrected chi connectivity index (χ4v) is 1.38. The zero-order valence-electron chi connectivity index (χ0n) is 9.68. The molecule has 0 unspecified atom stereocenters. The first-order chi connectivity index (χ1) is 7.81. The molecule has 1 rings (SSSR count). The fourth-order valence-electron chi connectivity index (χ4n) is 1.38. The number of rotatable bonds is 4. The maximum atomic E-state index is 10.5. The summed E-state index contributed by atoms with van der Waals surface area (Å²) in [5.41, 5.74) is 2.95. The second kappa shape index (κ2) is 6.57. The van der Waals surface area contributed by atoms with Crippen LogP contribution in [-0.4, -0.2) is 6.29 Å². The molecule has 0 aromatic heterocycles. The van der Waals surface area contributed by atoms with Gasteiger partial charge in [-0.25, -0.2) is 0 Å². The average molecular weight is 212 g/mol. The summed E-state index contributed by atoms with van der Waals surface area (Å²) in [5.74, 6) is 0. The Hall–Kier alpha value is -1.89. The van der Waals surface area contributed by atoms with Crippen molar-refractivity contribution in [3.05, 3.63) is 65.8 Å². The first-order valence-corrected chi connectivity index (χ1v) is 5.33. The van der Waals surface area contributed by atoms with E-state index < -0.39 is 0 Å². The molecule has 0 saturated carbocycles. The molecule has 0 fully saturated rings. The van der Waals surface area contributed by atoms with Crippen LogP contribution in [0.2, 0.25) is 0 Å². The molecule has 1 heteroatoms. The topological polar surface area (TPSA) is 17.1 Å². The van der Waals surface area contributed by atoms with Gasteiger partial charge in [0.15, 0.2) is 0 Å². The van der Waals surface area contributed by atoms with E-state index in [1.54, 1.807) is 0 Å². The normalized spacial score (nSPS) is 12.5. The van der Waals surface area contributed by atoms with Crippen molar-refractivity contribution in [2.75, 3.05) is 0 Å². The number of aldehydes is 1. The van der Waals surface area contributed by atoms with E-state index in [0.29, 0.717) is 5.56 Å². The van der Waals surface area contributed by atoms with Crippen molar-refractivity contribution in [2.24, 2.45) is 0 Å². The van der Waals surface area contributed by atoms with Crippen LogP contribution in [0.3, 0.4) is 0 Å². The Morgan fingerprint density at radius 1 is 1.06 bits per heavy atom. The largest absolute Gasteiger partial charge is 0.298 e. The Morgan fingerprint density at radius 3 is 2.25 bits per heavy atom. The highest BCUT2D eigenvalue weighted by molar-refractivity contribution is 5.79. The first kappa shape index (κ1) is 12.2. The number of carbonyl (C=O) groups is 1. The third-order valence-electron chi connectivity index (χ3n) is 2.19. The van der Waals surface area contributed by atoms with E-state index >= 15 is 0 Å². The van der Waals surface area contributed by atoms with E-state index in [1.807, 2.05) is 56.3 Å². The summed E-state index contributed by atoms with van der Waals surface area (Å²) < 4.78 is 0. The van der Waals surface area contributed by atoms with E-state index in [0.717, 1.165) is 17.4 Å². The lowest BCUT2D eigenvalue weighted by molar-refractivity contribution is 0.112. The number of hydrogen-bond donors (Lipinski definition) is 0. The Morgan fingerprint density at radius 2 is 1.75 bits per heavy atom. The molecule has 0 aliphatic rings. The Bertz CT molecular complexity index is 419. The first-order valence-electron chi connectivity index (χ1n) is 5.33. The highest BCUT2D eigenvalue weighted by Crippen LogP contribution is 2.16. The molecule has 0 aliphatic heterocycles. The maximum Gasteiger partial charge on any atom is 0.150 e. The van der Waals surface area contributed by atoms with Crippen molar-refractivity contribution in [1.29, 1.82) is 0 Å². The smallest absolute Gasteiger partial charge is 0.150 e. The molecule has 1 aromatic carbocycles. The molecule has 16 heavy (non-hydrogen) atoms. The van der Waals surface area contributed by atoms with Gasteiger partial charge < -0.3 is 0 Å². The second-order valence-corrected chi connectivity index (χ2v) is 3.39. The molecule has 82 valence electrons. The number of carbonyl (C=O) groups excluding carboxylic acids is 1. The van der Waals surface area contributed by atoms with Crippen LogP contribution >= 0.6 is 0 Å². The molecule has 0 spiro atoms. The molecule has 1 nitrogen and oxygen atoms in total. The predicted molar refractivity (Wildman–Crippen MR) is 69.4 cm³/mol. The van der Waals surface area contributed by atoms with Crippen molar-refractivity contribution in [1.82, 2.24) is 0 Å². The van der Waals surface area contributed by atoms with Crippen molar-refractivity contribution in [3.8, 4) is 0 Å². The molecule has 1 aromatic rings. The summed E-state index contributed by atoms with van der Waals surface area (Å²) in [7, 11) is 0. The van der Waals surface area contributed by atoms with Gasteiger partial charge in [-0.1, -0.05) is 54.6 Å². The van der Waals surface area contributed by atoms with Crippen LogP contribution in [0.4, 0.5) is 0 Å². The van der Waals surface area contributed by atoms with Gasteiger partial charge in [-0.2, -0.15) is 0 Å². The van der Waals surface area contributed by atoms with Crippen molar-refractivity contribution < 1.29 is 4.79 Å². The van der Waals surface area contributed by atoms with Gasteiger partial charge in [0, 0.05) is 5.56 Å². The Balaban J connectivity index is 3.06. The summed E-state index contributed by atoms with van der Waals surface area (Å²) in [6.45, 7) is 3.97. The molecule has 0 atom stereocenters. The summed E-state index contributed by atoms with van der Waals surface area (Å²) >= 11 is 0. The van der Waals surface area contributed by atoms with Crippen LogP contribution in [0.15, 0.2) is 54.6 Å². The maximum absolute atomic E-state index is 10.5. The lowest BCUT2D eigenvalue weighted by Gasteiger charge is -2.01. The van der Waals surface area contributed by atoms with Gasteiger partial charge in [0.1, 0.15) is 6.29 Å². The summed E-state index contributed by atoms with van der Waals surface area (Å²) in [5, 5.41) is 0. The van der Waals surface area contributed by atoms with Gasteiger partial charge >= 0.3 is 0 Å². The molecule has 0 bridgehead atoms. The third-order valence-corrected chi connectivity index (χ3v) is 2.19.